The van der Waals surface area contributed by atoms with E-state index in [9.17, 15) is 0 Å². The van der Waals surface area contributed by atoms with E-state index in [0.717, 1.165) is 31.9 Å². The number of rotatable bonds is 3. The van der Waals surface area contributed by atoms with Gasteiger partial charge in [-0.15, -0.1) is 0 Å². The number of nitrogens with zero attached hydrogens (tertiary/aromatic N) is 1. The Balaban J connectivity index is 1.71. The van der Waals surface area contributed by atoms with E-state index in [1.54, 1.807) is 0 Å². The van der Waals surface area contributed by atoms with E-state index in [4.69, 9.17) is 10.5 Å². The van der Waals surface area contributed by atoms with Crippen LogP contribution < -0.4 is 10.5 Å². The van der Waals surface area contributed by atoms with Gasteiger partial charge in [-0.2, -0.15) is 0 Å². The van der Waals surface area contributed by atoms with Crippen molar-refractivity contribution in [2.45, 2.75) is 37.8 Å². The van der Waals surface area contributed by atoms with Crippen molar-refractivity contribution < 1.29 is 4.74 Å². The molecule has 1 aliphatic heterocycles. The van der Waals surface area contributed by atoms with E-state index in [2.05, 4.69) is 16.8 Å². The number of aryl methyl sites for hydroxylation is 1. The summed E-state index contributed by atoms with van der Waals surface area (Å²) in [5, 5.41) is 0. The summed E-state index contributed by atoms with van der Waals surface area (Å²) in [5.74, 6) is 1.08. The smallest absolute Gasteiger partial charge is 0.196 e. The van der Waals surface area contributed by atoms with Gasteiger partial charge in [0.25, 0.3) is 0 Å². The number of hydrogen-bond donors (Lipinski definition) is 1. The van der Waals surface area contributed by atoms with Gasteiger partial charge >= 0.3 is 0 Å². The van der Waals surface area contributed by atoms with Gasteiger partial charge in [-0.05, 0) is 31.7 Å². The first kappa shape index (κ1) is 8.36. The zero-order chi connectivity index (χ0) is 9.60. The highest BCUT2D eigenvalue weighted by molar-refractivity contribution is 5.30. The van der Waals surface area contributed by atoms with Gasteiger partial charge in [-0.25, -0.2) is 0 Å². The van der Waals surface area contributed by atoms with Crippen LogP contribution in [0.4, 0.5) is 0 Å². The van der Waals surface area contributed by atoms with Gasteiger partial charge in [0.15, 0.2) is 5.88 Å². The maximum absolute atomic E-state index is 6.06. The largest absolute Gasteiger partial charge is 0.477 e. The molecule has 76 valence electrons. The Morgan fingerprint density at radius 3 is 3.14 bits per heavy atom. The summed E-state index contributed by atoms with van der Waals surface area (Å²) in [6, 6.07) is 2.17. The molecule has 3 rings (SSSR count). The van der Waals surface area contributed by atoms with Crippen LogP contribution in [0.2, 0.25) is 0 Å². The molecule has 0 unspecified atom stereocenters. The van der Waals surface area contributed by atoms with Crippen LogP contribution in [0.1, 0.15) is 24.8 Å². The number of hydrogen-bond acceptors (Lipinski definition) is 2. The Labute approximate surface area is 83.8 Å². The lowest BCUT2D eigenvalue weighted by molar-refractivity contribution is 0.352. The van der Waals surface area contributed by atoms with Crippen molar-refractivity contribution >= 4 is 0 Å². The normalized spacial score (nSPS) is 21.8. The first-order valence-corrected chi connectivity index (χ1v) is 5.37. The van der Waals surface area contributed by atoms with Crippen LogP contribution in [0.3, 0.4) is 0 Å². The molecule has 0 radical (unpaired) electrons. The second kappa shape index (κ2) is 2.76. The lowest BCUT2D eigenvalue weighted by atomic mass is 10.1. The Bertz CT molecular complexity index is 352. The van der Waals surface area contributed by atoms with Crippen LogP contribution in [0.5, 0.6) is 5.88 Å². The Hall–Kier alpha value is -0.960. The van der Waals surface area contributed by atoms with Gasteiger partial charge in [0, 0.05) is 17.3 Å². The molecule has 1 saturated carbocycles. The van der Waals surface area contributed by atoms with Crippen molar-refractivity contribution in [2.24, 2.45) is 5.73 Å². The van der Waals surface area contributed by atoms with E-state index >= 15 is 0 Å². The SMILES string of the molecule is NC1(CCc2ccn3c2OCC3)CC1. The molecule has 1 aromatic heterocycles. The number of aromatic nitrogens is 1. The van der Waals surface area contributed by atoms with E-state index in [-0.39, 0.29) is 5.54 Å². The molecule has 1 aliphatic carbocycles. The fourth-order valence-electron chi connectivity index (χ4n) is 2.08. The molecule has 2 aliphatic rings. The molecule has 0 aromatic carbocycles. The highest BCUT2D eigenvalue weighted by Crippen LogP contribution is 2.38. The molecule has 1 fully saturated rings. The Morgan fingerprint density at radius 2 is 2.36 bits per heavy atom. The van der Waals surface area contributed by atoms with Crippen LogP contribution in [-0.2, 0) is 13.0 Å². The predicted molar refractivity (Wildman–Crippen MR) is 54.4 cm³/mol. The molecule has 0 saturated heterocycles. The zero-order valence-corrected chi connectivity index (χ0v) is 8.33. The van der Waals surface area contributed by atoms with Crippen LogP contribution in [0.25, 0.3) is 0 Å². The standard InChI is InChI=1S/C11H16N2O/c12-11(4-5-11)3-1-9-2-6-13-7-8-14-10(9)13/h2,6H,1,3-5,7-8,12H2. The summed E-state index contributed by atoms with van der Waals surface area (Å²) in [6.07, 6.45) is 6.69. The van der Waals surface area contributed by atoms with Gasteiger partial charge < -0.3 is 15.0 Å². The van der Waals surface area contributed by atoms with Gasteiger partial charge in [-0.3, -0.25) is 0 Å². The summed E-state index contributed by atoms with van der Waals surface area (Å²) in [6.45, 7) is 1.83. The molecule has 3 heteroatoms. The Kier molecular flexibility index (Phi) is 1.65. The summed E-state index contributed by atoms with van der Waals surface area (Å²) >= 11 is 0. The summed E-state index contributed by atoms with van der Waals surface area (Å²) in [4.78, 5) is 0. The maximum atomic E-state index is 6.06. The minimum Gasteiger partial charge on any atom is -0.477 e. The van der Waals surface area contributed by atoms with Crippen LogP contribution in [0, 0.1) is 0 Å². The van der Waals surface area contributed by atoms with E-state index < -0.39 is 0 Å². The first-order valence-electron chi connectivity index (χ1n) is 5.37. The highest BCUT2D eigenvalue weighted by Gasteiger charge is 2.37. The van der Waals surface area contributed by atoms with Gasteiger partial charge in [-0.1, -0.05) is 0 Å². The van der Waals surface area contributed by atoms with Crippen LogP contribution >= 0.6 is 0 Å². The molecule has 3 nitrogen and oxygen atoms in total. The van der Waals surface area contributed by atoms with Crippen LogP contribution in [0.15, 0.2) is 12.3 Å². The predicted octanol–water partition coefficient (Wildman–Crippen LogP) is 1.30. The monoisotopic (exact) mass is 192 g/mol. The fourth-order valence-corrected chi connectivity index (χ4v) is 2.08. The summed E-state index contributed by atoms with van der Waals surface area (Å²) in [7, 11) is 0. The average molecular weight is 192 g/mol. The Morgan fingerprint density at radius 1 is 1.50 bits per heavy atom. The van der Waals surface area contributed by atoms with E-state index in [1.807, 2.05) is 0 Å². The molecular formula is C11H16N2O. The first-order chi connectivity index (χ1) is 6.77. The van der Waals surface area contributed by atoms with Gasteiger partial charge in [0.1, 0.15) is 6.61 Å². The van der Waals surface area contributed by atoms with Gasteiger partial charge in [0.05, 0.1) is 6.54 Å². The average Bonchev–Trinajstić information content (AvgIpc) is 2.65. The minimum atomic E-state index is 0.160. The van der Waals surface area contributed by atoms with E-state index in [1.165, 1.54) is 18.4 Å². The molecule has 0 spiro atoms. The van der Waals surface area contributed by atoms with Crippen molar-refractivity contribution in [3.05, 3.63) is 17.8 Å². The van der Waals surface area contributed by atoms with Crippen molar-refractivity contribution in [3.63, 3.8) is 0 Å². The molecule has 2 N–H and O–H groups in total. The second-order valence-corrected chi connectivity index (χ2v) is 4.55. The zero-order valence-electron chi connectivity index (χ0n) is 8.33. The van der Waals surface area contributed by atoms with Crippen LogP contribution in [-0.4, -0.2) is 16.7 Å². The number of fused-ring (bicyclic) bond motifs is 1. The molecule has 1 aromatic rings. The third-order valence-corrected chi connectivity index (χ3v) is 3.35. The number of nitrogens with two attached hydrogens (primary N) is 1. The molecule has 0 bridgehead atoms. The molecule has 0 atom stereocenters. The maximum Gasteiger partial charge on any atom is 0.196 e. The molecule has 0 amide bonds. The second-order valence-electron chi connectivity index (χ2n) is 4.55. The van der Waals surface area contributed by atoms with Crippen molar-refractivity contribution in [3.8, 4) is 5.88 Å². The minimum absolute atomic E-state index is 0.160. The quantitative estimate of drug-likeness (QED) is 0.784. The third kappa shape index (κ3) is 1.32. The third-order valence-electron chi connectivity index (χ3n) is 3.35. The summed E-state index contributed by atoms with van der Waals surface area (Å²) < 4.78 is 7.76. The molecule has 2 heterocycles. The molecular weight excluding hydrogens is 176 g/mol. The van der Waals surface area contributed by atoms with Gasteiger partial charge in [0.2, 0.25) is 0 Å². The van der Waals surface area contributed by atoms with Crippen molar-refractivity contribution in [2.75, 3.05) is 6.61 Å². The van der Waals surface area contributed by atoms with E-state index in [0.29, 0.717) is 0 Å². The number of ether oxygens (including phenoxy) is 1. The molecule has 14 heavy (non-hydrogen) atoms. The van der Waals surface area contributed by atoms with Crippen molar-refractivity contribution in [1.29, 1.82) is 0 Å². The highest BCUT2D eigenvalue weighted by atomic mass is 16.5. The topological polar surface area (TPSA) is 40.2 Å². The van der Waals surface area contributed by atoms with Crippen molar-refractivity contribution in [1.82, 2.24) is 4.57 Å². The lowest BCUT2D eigenvalue weighted by Gasteiger charge is -2.07. The lowest BCUT2D eigenvalue weighted by Crippen LogP contribution is -2.22. The summed E-state index contributed by atoms with van der Waals surface area (Å²) in [5.41, 5.74) is 7.55. The fraction of sp³-hybridized carbons (Fsp3) is 0.636.